The normalized spacial score (nSPS) is 10.5. The molecule has 0 spiro atoms. The molecule has 3 nitrogen and oxygen atoms in total. The molecular weight excluding hydrogens is 349 g/mol. The van der Waals surface area contributed by atoms with Crippen molar-refractivity contribution in [2.45, 2.75) is 6.54 Å². The van der Waals surface area contributed by atoms with Crippen LogP contribution in [0.2, 0.25) is 0 Å². The third-order valence-electron chi connectivity index (χ3n) is 2.80. The number of carbonyl (C=O) groups is 1. The minimum atomic E-state index is -1.03. The lowest BCUT2D eigenvalue weighted by molar-refractivity contribution is 0.0996. The molecule has 1 amide bonds. The predicted molar refractivity (Wildman–Crippen MR) is 76.3 cm³/mol. The standard InChI is InChI=1S/C14H10BrF3N2O/c15-10-2-1-8(16)3-7(10)6-20-13-4-9(14(19)21)11(17)5-12(13)18/h1-5,20H,6H2,(H2,19,21). The first kappa shape index (κ1) is 15.4. The predicted octanol–water partition coefficient (Wildman–Crippen LogP) is 3.58. The van der Waals surface area contributed by atoms with Gasteiger partial charge in [-0.1, -0.05) is 15.9 Å². The summed E-state index contributed by atoms with van der Waals surface area (Å²) in [6, 6.07) is 5.62. The Balaban J connectivity index is 2.25. The molecule has 2 aromatic rings. The lowest BCUT2D eigenvalue weighted by atomic mass is 10.1. The van der Waals surface area contributed by atoms with E-state index < -0.39 is 28.9 Å². The minimum absolute atomic E-state index is 0.0824. The molecule has 110 valence electrons. The van der Waals surface area contributed by atoms with E-state index in [1.807, 2.05) is 0 Å². The summed E-state index contributed by atoms with van der Waals surface area (Å²) in [6.07, 6.45) is 0. The Morgan fingerprint density at radius 2 is 1.86 bits per heavy atom. The summed E-state index contributed by atoms with van der Waals surface area (Å²) in [5.74, 6) is -3.34. The fourth-order valence-electron chi connectivity index (χ4n) is 1.74. The van der Waals surface area contributed by atoms with Gasteiger partial charge >= 0.3 is 0 Å². The van der Waals surface area contributed by atoms with Crippen molar-refractivity contribution in [2.75, 3.05) is 5.32 Å². The molecule has 0 saturated heterocycles. The molecule has 0 unspecified atom stereocenters. The quantitative estimate of drug-likeness (QED) is 0.877. The summed E-state index contributed by atoms with van der Waals surface area (Å²) in [5, 5.41) is 2.67. The van der Waals surface area contributed by atoms with Gasteiger partial charge in [-0.25, -0.2) is 13.2 Å². The molecule has 0 aromatic heterocycles. The number of hydrogen-bond donors (Lipinski definition) is 2. The van der Waals surface area contributed by atoms with E-state index in [1.54, 1.807) is 0 Å². The molecule has 0 heterocycles. The summed E-state index contributed by atoms with van der Waals surface area (Å²) in [6.45, 7) is 0.0824. The summed E-state index contributed by atoms with van der Waals surface area (Å²) in [4.78, 5) is 11.0. The van der Waals surface area contributed by atoms with Gasteiger partial charge in [0.15, 0.2) is 0 Å². The Morgan fingerprint density at radius 3 is 2.52 bits per heavy atom. The van der Waals surface area contributed by atoms with Crippen molar-refractivity contribution in [3.63, 3.8) is 0 Å². The molecule has 0 atom stereocenters. The largest absolute Gasteiger partial charge is 0.379 e. The van der Waals surface area contributed by atoms with E-state index in [9.17, 15) is 18.0 Å². The summed E-state index contributed by atoms with van der Waals surface area (Å²) in [7, 11) is 0. The second-order valence-corrected chi connectivity index (χ2v) is 5.12. The summed E-state index contributed by atoms with van der Waals surface area (Å²) < 4.78 is 40.7. The Morgan fingerprint density at radius 1 is 1.14 bits per heavy atom. The highest BCUT2D eigenvalue weighted by Gasteiger charge is 2.14. The second kappa shape index (κ2) is 6.17. The molecule has 2 rings (SSSR count). The highest BCUT2D eigenvalue weighted by molar-refractivity contribution is 9.10. The van der Waals surface area contributed by atoms with Crippen LogP contribution in [0.3, 0.4) is 0 Å². The zero-order valence-corrected chi connectivity index (χ0v) is 12.2. The van der Waals surface area contributed by atoms with Crippen LogP contribution in [0, 0.1) is 17.5 Å². The molecule has 0 saturated carbocycles. The van der Waals surface area contributed by atoms with E-state index in [-0.39, 0.29) is 12.2 Å². The van der Waals surface area contributed by atoms with Crippen LogP contribution in [-0.4, -0.2) is 5.91 Å². The average Bonchev–Trinajstić information content (AvgIpc) is 2.41. The van der Waals surface area contributed by atoms with Crippen molar-refractivity contribution >= 4 is 27.5 Å². The molecule has 0 fully saturated rings. The van der Waals surface area contributed by atoms with Crippen molar-refractivity contribution in [2.24, 2.45) is 5.73 Å². The van der Waals surface area contributed by atoms with Crippen molar-refractivity contribution < 1.29 is 18.0 Å². The minimum Gasteiger partial charge on any atom is -0.379 e. The van der Waals surface area contributed by atoms with Gasteiger partial charge in [-0.05, 0) is 29.8 Å². The van der Waals surface area contributed by atoms with Crippen LogP contribution in [-0.2, 0) is 6.54 Å². The van der Waals surface area contributed by atoms with E-state index in [2.05, 4.69) is 21.2 Å². The van der Waals surface area contributed by atoms with Gasteiger partial charge in [0.2, 0.25) is 0 Å². The lowest BCUT2D eigenvalue weighted by Gasteiger charge is -2.11. The number of amides is 1. The van der Waals surface area contributed by atoms with E-state index in [0.29, 0.717) is 16.1 Å². The fourth-order valence-corrected chi connectivity index (χ4v) is 2.13. The Hall–Kier alpha value is -2.02. The number of benzene rings is 2. The zero-order valence-electron chi connectivity index (χ0n) is 10.6. The van der Waals surface area contributed by atoms with Gasteiger partial charge in [0.25, 0.3) is 5.91 Å². The highest BCUT2D eigenvalue weighted by atomic mass is 79.9. The van der Waals surface area contributed by atoms with Crippen LogP contribution < -0.4 is 11.1 Å². The van der Waals surface area contributed by atoms with Gasteiger partial charge in [0.1, 0.15) is 17.5 Å². The molecule has 3 N–H and O–H groups in total. The second-order valence-electron chi connectivity index (χ2n) is 4.27. The Labute approximate surface area is 127 Å². The van der Waals surface area contributed by atoms with Crippen LogP contribution >= 0.6 is 15.9 Å². The SMILES string of the molecule is NC(=O)c1cc(NCc2cc(F)ccc2Br)c(F)cc1F. The number of anilines is 1. The van der Waals surface area contributed by atoms with E-state index in [1.165, 1.54) is 18.2 Å². The molecule has 7 heteroatoms. The van der Waals surface area contributed by atoms with Crippen LogP contribution in [0.15, 0.2) is 34.8 Å². The first-order valence-corrected chi connectivity index (χ1v) is 6.64. The fraction of sp³-hybridized carbons (Fsp3) is 0.0714. The van der Waals surface area contributed by atoms with Gasteiger partial charge < -0.3 is 11.1 Å². The van der Waals surface area contributed by atoms with Gasteiger partial charge in [0.05, 0.1) is 11.3 Å². The van der Waals surface area contributed by atoms with Crippen LogP contribution in [0.1, 0.15) is 15.9 Å². The van der Waals surface area contributed by atoms with Crippen LogP contribution in [0.4, 0.5) is 18.9 Å². The van der Waals surface area contributed by atoms with Crippen molar-refractivity contribution in [3.8, 4) is 0 Å². The van der Waals surface area contributed by atoms with Gasteiger partial charge in [-0.15, -0.1) is 0 Å². The monoisotopic (exact) mass is 358 g/mol. The maximum atomic E-state index is 13.6. The number of primary amides is 1. The summed E-state index contributed by atoms with van der Waals surface area (Å²) >= 11 is 3.24. The van der Waals surface area contributed by atoms with E-state index in [4.69, 9.17) is 5.73 Å². The number of hydrogen-bond acceptors (Lipinski definition) is 2. The molecule has 2 aromatic carbocycles. The Kier molecular flexibility index (Phi) is 4.52. The molecule has 0 aliphatic carbocycles. The summed E-state index contributed by atoms with van der Waals surface area (Å²) in [5.41, 5.74) is 5.02. The van der Waals surface area contributed by atoms with Gasteiger partial charge in [0, 0.05) is 17.1 Å². The number of carbonyl (C=O) groups excluding carboxylic acids is 1. The topological polar surface area (TPSA) is 55.1 Å². The number of rotatable bonds is 4. The van der Waals surface area contributed by atoms with E-state index >= 15 is 0 Å². The first-order valence-electron chi connectivity index (χ1n) is 5.85. The van der Waals surface area contributed by atoms with Crippen molar-refractivity contribution in [3.05, 3.63) is 63.4 Å². The zero-order chi connectivity index (χ0) is 15.6. The molecular formula is C14H10BrF3N2O. The highest BCUT2D eigenvalue weighted by Crippen LogP contribution is 2.22. The smallest absolute Gasteiger partial charge is 0.251 e. The number of halogens is 4. The van der Waals surface area contributed by atoms with E-state index in [0.717, 1.165) is 6.07 Å². The van der Waals surface area contributed by atoms with Crippen LogP contribution in [0.25, 0.3) is 0 Å². The Bertz CT molecular complexity index is 707. The number of nitrogens with one attached hydrogen (secondary N) is 1. The van der Waals surface area contributed by atoms with Crippen LogP contribution in [0.5, 0.6) is 0 Å². The number of nitrogens with two attached hydrogens (primary N) is 1. The average molecular weight is 359 g/mol. The van der Waals surface area contributed by atoms with Crippen molar-refractivity contribution in [1.29, 1.82) is 0 Å². The lowest BCUT2D eigenvalue weighted by Crippen LogP contribution is -2.14. The first-order chi connectivity index (χ1) is 9.88. The molecule has 0 radical (unpaired) electrons. The third-order valence-corrected chi connectivity index (χ3v) is 3.57. The maximum absolute atomic E-state index is 13.6. The maximum Gasteiger partial charge on any atom is 0.251 e. The van der Waals surface area contributed by atoms with Crippen molar-refractivity contribution in [1.82, 2.24) is 0 Å². The molecule has 0 aliphatic heterocycles. The molecule has 0 aliphatic rings. The molecule has 21 heavy (non-hydrogen) atoms. The molecule has 0 bridgehead atoms. The van der Waals surface area contributed by atoms with Gasteiger partial charge in [-0.2, -0.15) is 0 Å². The van der Waals surface area contributed by atoms with Gasteiger partial charge in [-0.3, -0.25) is 4.79 Å². The third kappa shape index (κ3) is 3.55.